The second kappa shape index (κ2) is 9.76. The number of aliphatic carboxylic acids is 1. The summed E-state index contributed by atoms with van der Waals surface area (Å²) in [6.45, 7) is 0. The first-order valence-corrected chi connectivity index (χ1v) is 10.6. The van der Waals surface area contributed by atoms with Gasteiger partial charge in [-0.2, -0.15) is 5.10 Å². The van der Waals surface area contributed by atoms with E-state index in [0.717, 1.165) is 11.1 Å². The largest absolute Gasteiger partial charge is 0.493 e. The van der Waals surface area contributed by atoms with E-state index in [-0.39, 0.29) is 23.8 Å². The average Bonchev–Trinajstić information content (AvgIpc) is 3.21. The van der Waals surface area contributed by atoms with E-state index in [1.165, 1.54) is 22.9 Å². The van der Waals surface area contributed by atoms with Crippen LogP contribution in [-0.4, -0.2) is 31.9 Å². The molecule has 1 unspecified atom stereocenters. The lowest BCUT2D eigenvalue weighted by atomic mass is 9.99. The first-order valence-electron chi connectivity index (χ1n) is 10.2. The number of carboxylic acid groups (broad SMARTS) is 1. The smallest absolute Gasteiger partial charge is 0.305 e. The highest BCUT2D eigenvalue weighted by molar-refractivity contribution is 6.30. The Labute approximate surface area is 199 Å². The summed E-state index contributed by atoms with van der Waals surface area (Å²) < 4.78 is 14.3. The van der Waals surface area contributed by atoms with E-state index in [4.69, 9.17) is 11.6 Å². The molecule has 7 nitrogen and oxygen atoms in total. The van der Waals surface area contributed by atoms with Crippen molar-refractivity contribution < 1.29 is 24.2 Å². The number of carbonyl (C=O) groups is 2. The van der Waals surface area contributed by atoms with Crippen molar-refractivity contribution in [2.75, 3.05) is 0 Å². The lowest BCUT2D eigenvalue weighted by Gasteiger charge is -2.17. The molecule has 0 aliphatic carbocycles. The topological polar surface area (TPSA) is 104 Å². The summed E-state index contributed by atoms with van der Waals surface area (Å²) in [7, 11) is 0. The number of benzene rings is 3. The summed E-state index contributed by atoms with van der Waals surface area (Å²) in [6, 6.07) is 19.8. The van der Waals surface area contributed by atoms with Gasteiger partial charge in [0.05, 0.1) is 18.2 Å². The Kier molecular flexibility index (Phi) is 6.60. The highest BCUT2D eigenvalue weighted by Crippen LogP contribution is 2.25. The van der Waals surface area contributed by atoms with Gasteiger partial charge < -0.3 is 15.5 Å². The molecule has 34 heavy (non-hydrogen) atoms. The van der Waals surface area contributed by atoms with Gasteiger partial charge in [-0.1, -0.05) is 48.0 Å². The fraction of sp³-hybridized carbons (Fsp3) is 0.0800. The zero-order valence-corrected chi connectivity index (χ0v) is 18.4. The molecular formula is C25H19ClFN3O4. The Bertz CT molecular complexity index is 1320. The minimum atomic E-state index is -1.09. The molecule has 0 aliphatic heterocycles. The van der Waals surface area contributed by atoms with Gasteiger partial charge in [-0.3, -0.25) is 9.59 Å². The van der Waals surface area contributed by atoms with Crippen molar-refractivity contribution in [1.82, 2.24) is 15.1 Å². The number of rotatable bonds is 7. The first-order chi connectivity index (χ1) is 16.3. The van der Waals surface area contributed by atoms with Gasteiger partial charge in [0.25, 0.3) is 5.91 Å². The number of aromatic nitrogens is 2. The summed E-state index contributed by atoms with van der Waals surface area (Å²) in [6.07, 6.45) is -0.356. The summed E-state index contributed by atoms with van der Waals surface area (Å²) in [4.78, 5) is 24.3. The van der Waals surface area contributed by atoms with Gasteiger partial charge in [0, 0.05) is 11.1 Å². The molecule has 0 saturated heterocycles. The van der Waals surface area contributed by atoms with Crippen LogP contribution in [0.5, 0.6) is 5.88 Å². The Morgan fingerprint density at radius 2 is 1.56 bits per heavy atom. The molecule has 4 aromatic rings. The van der Waals surface area contributed by atoms with E-state index >= 15 is 0 Å². The molecule has 1 atom stereocenters. The first kappa shape index (κ1) is 23.0. The summed E-state index contributed by atoms with van der Waals surface area (Å²) in [5.74, 6) is -2.33. The van der Waals surface area contributed by atoms with Crippen LogP contribution in [0.15, 0.2) is 78.9 Å². The minimum Gasteiger partial charge on any atom is -0.493 e. The van der Waals surface area contributed by atoms with E-state index < -0.39 is 17.9 Å². The molecule has 0 spiro atoms. The molecule has 0 aliphatic rings. The lowest BCUT2D eigenvalue weighted by molar-refractivity contribution is -0.137. The predicted molar refractivity (Wildman–Crippen MR) is 125 cm³/mol. The van der Waals surface area contributed by atoms with Crippen LogP contribution in [0.2, 0.25) is 5.02 Å². The lowest BCUT2D eigenvalue weighted by Crippen LogP contribution is -2.30. The predicted octanol–water partition coefficient (Wildman–Crippen LogP) is 4.98. The van der Waals surface area contributed by atoms with Gasteiger partial charge in [-0.15, -0.1) is 0 Å². The Morgan fingerprint density at radius 3 is 2.15 bits per heavy atom. The number of amides is 1. The molecular weight excluding hydrogens is 461 g/mol. The third-order valence-corrected chi connectivity index (χ3v) is 5.42. The maximum atomic E-state index is 13.2. The van der Waals surface area contributed by atoms with Gasteiger partial charge in [-0.25, -0.2) is 9.07 Å². The van der Waals surface area contributed by atoms with Gasteiger partial charge in [0.1, 0.15) is 5.82 Å². The number of nitrogens with zero attached hydrogens (tertiary/aromatic N) is 2. The summed E-state index contributed by atoms with van der Waals surface area (Å²) in [5, 5.41) is 26.9. The molecule has 0 bridgehead atoms. The standard InChI is InChI=1S/C25H19ClFN3O4/c26-18-7-11-20(12-8-18)30-23(31)13-22(29-30)25(34)28-21(14-24(32)33)17-3-1-15(2-4-17)16-5-9-19(27)10-6-16/h1-13,21,31H,14H2,(H,28,34)(H,32,33). The Balaban J connectivity index is 1.55. The van der Waals surface area contributed by atoms with E-state index in [2.05, 4.69) is 10.4 Å². The number of aromatic hydroxyl groups is 1. The number of nitrogens with one attached hydrogen (secondary N) is 1. The number of hydrogen-bond donors (Lipinski definition) is 3. The van der Waals surface area contributed by atoms with Crippen LogP contribution in [-0.2, 0) is 4.79 Å². The second-order valence-electron chi connectivity index (χ2n) is 7.53. The van der Waals surface area contributed by atoms with E-state index in [1.807, 2.05) is 0 Å². The highest BCUT2D eigenvalue weighted by Gasteiger charge is 2.22. The third kappa shape index (κ3) is 5.24. The SMILES string of the molecule is O=C(O)CC(NC(=O)c1cc(O)n(-c2ccc(Cl)cc2)n1)c1ccc(-c2ccc(F)cc2)cc1. The van der Waals surface area contributed by atoms with Crippen LogP contribution < -0.4 is 5.32 Å². The third-order valence-electron chi connectivity index (χ3n) is 5.17. The number of halogens is 2. The molecule has 3 aromatic carbocycles. The summed E-state index contributed by atoms with van der Waals surface area (Å²) >= 11 is 5.88. The quantitative estimate of drug-likeness (QED) is 0.346. The van der Waals surface area contributed by atoms with Crippen LogP contribution in [0.1, 0.15) is 28.5 Å². The molecule has 1 heterocycles. The molecule has 1 amide bonds. The fourth-order valence-corrected chi connectivity index (χ4v) is 3.59. The normalized spacial score (nSPS) is 11.7. The second-order valence-corrected chi connectivity index (χ2v) is 7.97. The average molecular weight is 480 g/mol. The molecule has 4 rings (SSSR count). The monoisotopic (exact) mass is 479 g/mol. The van der Waals surface area contributed by atoms with Crippen molar-refractivity contribution >= 4 is 23.5 Å². The van der Waals surface area contributed by atoms with Crippen molar-refractivity contribution in [2.24, 2.45) is 0 Å². The van der Waals surface area contributed by atoms with Gasteiger partial charge >= 0.3 is 5.97 Å². The molecule has 0 radical (unpaired) electrons. The number of hydrogen-bond acceptors (Lipinski definition) is 4. The van der Waals surface area contributed by atoms with Gasteiger partial charge in [0.15, 0.2) is 5.69 Å². The maximum Gasteiger partial charge on any atom is 0.305 e. The van der Waals surface area contributed by atoms with Crippen LogP contribution >= 0.6 is 11.6 Å². The van der Waals surface area contributed by atoms with Crippen molar-refractivity contribution in [3.8, 4) is 22.7 Å². The fourth-order valence-electron chi connectivity index (χ4n) is 3.46. The van der Waals surface area contributed by atoms with Crippen LogP contribution in [0, 0.1) is 5.82 Å². The molecule has 1 aromatic heterocycles. The maximum absolute atomic E-state index is 13.2. The van der Waals surface area contributed by atoms with Crippen LogP contribution in [0.25, 0.3) is 16.8 Å². The zero-order valence-electron chi connectivity index (χ0n) is 17.7. The Hall–Kier alpha value is -4.17. The number of carboxylic acids is 1. The van der Waals surface area contributed by atoms with E-state index in [9.17, 15) is 24.2 Å². The van der Waals surface area contributed by atoms with Crippen LogP contribution in [0.3, 0.4) is 0 Å². The zero-order chi connectivity index (χ0) is 24.2. The summed E-state index contributed by atoms with van der Waals surface area (Å²) in [5.41, 5.74) is 2.61. The van der Waals surface area contributed by atoms with Crippen molar-refractivity contribution in [2.45, 2.75) is 12.5 Å². The molecule has 0 saturated carbocycles. The molecule has 9 heteroatoms. The van der Waals surface area contributed by atoms with Crippen LogP contribution in [0.4, 0.5) is 4.39 Å². The van der Waals surface area contributed by atoms with E-state index in [1.54, 1.807) is 60.7 Å². The molecule has 0 fully saturated rings. The minimum absolute atomic E-state index is 0.0780. The van der Waals surface area contributed by atoms with E-state index in [0.29, 0.717) is 16.3 Å². The number of carbonyl (C=O) groups excluding carboxylic acids is 1. The molecule has 172 valence electrons. The highest BCUT2D eigenvalue weighted by atomic mass is 35.5. The van der Waals surface area contributed by atoms with Gasteiger partial charge in [-0.05, 0) is 53.1 Å². The Morgan fingerprint density at radius 1 is 0.971 bits per heavy atom. The van der Waals surface area contributed by atoms with Crippen molar-refractivity contribution in [3.63, 3.8) is 0 Å². The van der Waals surface area contributed by atoms with Crippen molar-refractivity contribution in [1.29, 1.82) is 0 Å². The van der Waals surface area contributed by atoms with Crippen molar-refractivity contribution in [3.05, 3.63) is 101 Å². The molecule has 3 N–H and O–H groups in total. The van der Waals surface area contributed by atoms with Gasteiger partial charge in [0.2, 0.25) is 5.88 Å².